The van der Waals surface area contributed by atoms with Crippen LogP contribution in [0.1, 0.15) is 23.7 Å². The Balaban J connectivity index is 2.00. The van der Waals surface area contributed by atoms with Crippen LogP contribution in [0.25, 0.3) is 10.9 Å². The molecule has 0 spiro atoms. The summed E-state index contributed by atoms with van der Waals surface area (Å²) < 4.78 is 0. The smallest absolute Gasteiger partial charge is 0.237 e. The first-order valence-corrected chi connectivity index (χ1v) is 7.61. The van der Waals surface area contributed by atoms with Crippen LogP contribution >= 0.6 is 0 Å². The molecule has 0 bridgehead atoms. The van der Waals surface area contributed by atoms with E-state index in [0.29, 0.717) is 13.1 Å². The van der Waals surface area contributed by atoms with Crippen molar-refractivity contribution in [2.45, 2.75) is 33.4 Å². The van der Waals surface area contributed by atoms with Crippen molar-refractivity contribution < 1.29 is 4.79 Å². The molecule has 116 valence electrons. The second kappa shape index (κ2) is 5.57. The van der Waals surface area contributed by atoms with E-state index in [2.05, 4.69) is 15.2 Å². The number of aromatic amines is 1. The molecule has 0 radical (unpaired) electrons. The molecule has 1 fully saturated rings. The molecule has 1 aromatic carbocycles. The third-order valence-corrected chi connectivity index (χ3v) is 4.46. The maximum Gasteiger partial charge on any atom is 0.237 e. The molecule has 1 atom stereocenters. The van der Waals surface area contributed by atoms with Crippen LogP contribution in [0.3, 0.4) is 0 Å². The van der Waals surface area contributed by atoms with Gasteiger partial charge in [-0.15, -0.1) is 0 Å². The van der Waals surface area contributed by atoms with Gasteiger partial charge in [0, 0.05) is 36.8 Å². The first-order chi connectivity index (χ1) is 10.5. The standard InChI is InChI=1S/C17H21N3O2/c1-10-4-5-11(2)16-15(10)14(21)8-13(19-16)9-20-7-6-18-17(22)12(20)3/h4-5,8,12H,6-7,9H2,1-3H3,(H,18,22)(H,19,21). The molecule has 1 unspecified atom stereocenters. The third kappa shape index (κ3) is 2.52. The molecule has 1 aromatic heterocycles. The first kappa shape index (κ1) is 14.8. The molecule has 1 amide bonds. The largest absolute Gasteiger partial charge is 0.357 e. The fraction of sp³-hybridized carbons (Fsp3) is 0.412. The summed E-state index contributed by atoms with van der Waals surface area (Å²) in [5.74, 6) is 0.0430. The van der Waals surface area contributed by atoms with E-state index in [4.69, 9.17) is 0 Å². The molecule has 2 heterocycles. The lowest BCUT2D eigenvalue weighted by Crippen LogP contribution is -2.53. The number of hydrogen-bond donors (Lipinski definition) is 2. The van der Waals surface area contributed by atoms with Gasteiger partial charge in [0.25, 0.3) is 0 Å². The number of piperazine rings is 1. The molecule has 22 heavy (non-hydrogen) atoms. The van der Waals surface area contributed by atoms with Crippen LogP contribution in [0, 0.1) is 13.8 Å². The number of pyridine rings is 1. The molecule has 3 rings (SSSR count). The van der Waals surface area contributed by atoms with E-state index in [1.165, 1.54) is 0 Å². The van der Waals surface area contributed by atoms with E-state index in [-0.39, 0.29) is 17.4 Å². The lowest BCUT2D eigenvalue weighted by atomic mass is 10.0. The molecule has 1 saturated heterocycles. The molecule has 1 aliphatic heterocycles. The normalized spacial score (nSPS) is 19.4. The molecule has 5 heteroatoms. The Labute approximate surface area is 129 Å². The monoisotopic (exact) mass is 299 g/mol. The average molecular weight is 299 g/mol. The summed E-state index contributed by atoms with van der Waals surface area (Å²) >= 11 is 0. The lowest BCUT2D eigenvalue weighted by Gasteiger charge is -2.32. The van der Waals surface area contributed by atoms with Gasteiger partial charge < -0.3 is 10.3 Å². The average Bonchev–Trinajstić information content (AvgIpc) is 2.47. The highest BCUT2D eigenvalue weighted by Gasteiger charge is 2.25. The van der Waals surface area contributed by atoms with Gasteiger partial charge in [-0.25, -0.2) is 0 Å². The highest BCUT2D eigenvalue weighted by Crippen LogP contribution is 2.18. The van der Waals surface area contributed by atoms with Crippen molar-refractivity contribution in [3.05, 3.63) is 45.2 Å². The Morgan fingerprint density at radius 3 is 2.73 bits per heavy atom. The number of carbonyl (C=O) groups is 1. The van der Waals surface area contributed by atoms with Crippen molar-refractivity contribution >= 4 is 16.8 Å². The first-order valence-electron chi connectivity index (χ1n) is 7.61. The van der Waals surface area contributed by atoms with Gasteiger partial charge in [0.15, 0.2) is 5.43 Å². The number of nitrogens with zero attached hydrogens (tertiary/aromatic N) is 1. The summed E-state index contributed by atoms with van der Waals surface area (Å²) in [6.07, 6.45) is 0. The van der Waals surface area contributed by atoms with Gasteiger partial charge in [-0.2, -0.15) is 0 Å². The third-order valence-electron chi connectivity index (χ3n) is 4.46. The van der Waals surface area contributed by atoms with Crippen LogP contribution < -0.4 is 10.7 Å². The zero-order valence-electron chi connectivity index (χ0n) is 13.2. The van der Waals surface area contributed by atoms with E-state index < -0.39 is 0 Å². The topological polar surface area (TPSA) is 65.2 Å². The van der Waals surface area contributed by atoms with Crippen LogP contribution in [0.2, 0.25) is 0 Å². The van der Waals surface area contributed by atoms with Crippen LogP contribution in [0.4, 0.5) is 0 Å². The van der Waals surface area contributed by atoms with Gasteiger partial charge in [0.1, 0.15) is 0 Å². The highest BCUT2D eigenvalue weighted by molar-refractivity contribution is 5.85. The van der Waals surface area contributed by atoms with Gasteiger partial charge in [-0.1, -0.05) is 12.1 Å². The van der Waals surface area contributed by atoms with E-state index in [1.807, 2.05) is 32.9 Å². The quantitative estimate of drug-likeness (QED) is 0.882. The Bertz CT molecular complexity index is 794. The summed E-state index contributed by atoms with van der Waals surface area (Å²) in [6, 6.07) is 5.48. The molecule has 2 aromatic rings. The van der Waals surface area contributed by atoms with Gasteiger partial charge >= 0.3 is 0 Å². The summed E-state index contributed by atoms with van der Waals surface area (Å²) in [7, 11) is 0. The second-order valence-electron chi connectivity index (χ2n) is 6.05. The van der Waals surface area contributed by atoms with E-state index in [1.54, 1.807) is 6.07 Å². The summed E-state index contributed by atoms with van der Waals surface area (Å²) in [6.45, 7) is 7.86. The number of aromatic nitrogens is 1. The van der Waals surface area contributed by atoms with Gasteiger partial charge in [-0.05, 0) is 31.9 Å². The summed E-state index contributed by atoms with van der Waals surface area (Å²) in [4.78, 5) is 29.7. The molecule has 1 aliphatic rings. The summed E-state index contributed by atoms with van der Waals surface area (Å²) in [5, 5.41) is 3.61. The van der Waals surface area contributed by atoms with Crippen LogP contribution in [-0.4, -0.2) is 34.9 Å². The molecule has 0 aliphatic carbocycles. The fourth-order valence-corrected chi connectivity index (χ4v) is 3.07. The molecule has 5 nitrogen and oxygen atoms in total. The van der Waals surface area contributed by atoms with Crippen molar-refractivity contribution in [2.75, 3.05) is 13.1 Å². The maximum absolute atomic E-state index is 12.4. The van der Waals surface area contributed by atoms with Crippen molar-refractivity contribution in [1.82, 2.24) is 15.2 Å². The fourth-order valence-electron chi connectivity index (χ4n) is 3.07. The number of carbonyl (C=O) groups excluding carboxylic acids is 1. The Morgan fingerprint density at radius 1 is 1.23 bits per heavy atom. The molecular formula is C17H21N3O2. The van der Waals surface area contributed by atoms with Crippen molar-refractivity contribution in [3.8, 4) is 0 Å². The van der Waals surface area contributed by atoms with Gasteiger partial charge in [0.05, 0.1) is 11.6 Å². The maximum atomic E-state index is 12.4. The lowest BCUT2D eigenvalue weighted by molar-refractivity contribution is -0.128. The molecule has 0 saturated carbocycles. The predicted octanol–water partition coefficient (Wildman–Crippen LogP) is 1.47. The number of aryl methyl sites for hydroxylation is 2. The highest BCUT2D eigenvalue weighted by atomic mass is 16.2. The minimum Gasteiger partial charge on any atom is -0.357 e. The number of H-pyrrole nitrogens is 1. The van der Waals surface area contributed by atoms with Gasteiger partial charge in [0.2, 0.25) is 5.91 Å². The number of amides is 1. The zero-order valence-corrected chi connectivity index (χ0v) is 13.2. The summed E-state index contributed by atoms with van der Waals surface area (Å²) in [5.41, 5.74) is 3.84. The van der Waals surface area contributed by atoms with Crippen molar-refractivity contribution in [1.29, 1.82) is 0 Å². The number of nitrogens with one attached hydrogen (secondary N) is 2. The van der Waals surface area contributed by atoms with E-state index in [9.17, 15) is 9.59 Å². The number of fused-ring (bicyclic) bond motifs is 1. The van der Waals surface area contributed by atoms with Crippen molar-refractivity contribution in [3.63, 3.8) is 0 Å². The minimum atomic E-state index is -0.174. The number of rotatable bonds is 2. The molecule has 2 N–H and O–H groups in total. The zero-order chi connectivity index (χ0) is 15.9. The van der Waals surface area contributed by atoms with Crippen LogP contribution in [0.5, 0.6) is 0 Å². The SMILES string of the molecule is Cc1ccc(C)c2c(=O)cc(CN3CCNC(=O)C3C)[nH]c12. The predicted molar refractivity (Wildman–Crippen MR) is 86.9 cm³/mol. The van der Waals surface area contributed by atoms with Crippen molar-refractivity contribution in [2.24, 2.45) is 0 Å². The second-order valence-corrected chi connectivity index (χ2v) is 6.05. The Kier molecular flexibility index (Phi) is 3.74. The minimum absolute atomic E-state index is 0.0408. The van der Waals surface area contributed by atoms with Crippen LogP contribution in [-0.2, 0) is 11.3 Å². The van der Waals surface area contributed by atoms with Gasteiger partial charge in [-0.3, -0.25) is 14.5 Å². The number of hydrogen-bond acceptors (Lipinski definition) is 3. The molecular weight excluding hydrogens is 278 g/mol. The number of benzene rings is 1. The van der Waals surface area contributed by atoms with E-state index >= 15 is 0 Å². The van der Waals surface area contributed by atoms with E-state index in [0.717, 1.165) is 34.3 Å². The Morgan fingerprint density at radius 2 is 1.95 bits per heavy atom. The van der Waals surface area contributed by atoms with Crippen LogP contribution in [0.15, 0.2) is 23.0 Å². The Hall–Kier alpha value is -2.14.